The van der Waals surface area contributed by atoms with E-state index in [9.17, 15) is 4.79 Å². The molecule has 0 aliphatic carbocycles. The van der Waals surface area contributed by atoms with Gasteiger partial charge < -0.3 is 10.2 Å². The summed E-state index contributed by atoms with van der Waals surface area (Å²) in [5.41, 5.74) is 0.886. The Morgan fingerprint density at radius 1 is 1.30 bits per heavy atom. The first-order valence-electron chi connectivity index (χ1n) is 8.64. The first-order chi connectivity index (χ1) is 11.1. The maximum Gasteiger partial charge on any atom is 0.240 e. The van der Waals surface area contributed by atoms with Crippen molar-refractivity contribution >= 4 is 11.7 Å². The number of likely N-dealkylation sites (N-methyl/N-ethyl adjacent to an activating group) is 1. The van der Waals surface area contributed by atoms with Gasteiger partial charge in [-0.1, -0.05) is 13.3 Å². The van der Waals surface area contributed by atoms with Gasteiger partial charge in [0.05, 0.1) is 0 Å². The molecule has 3 rings (SSSR count). The second-order valence-corrected chi connectivity index (χ2v) is 6.71. The molecule has 6 heteroatoms. The molecule has 1 aromatic rings. The minimum atomic E-state index is -0.332. The SMILES string of the molecule is CCCc1cnc(C)nc1N1CCC2(CC1)C(=O)NCCN2C. The molecule has 1 amide bonds. The van der Waals surface area contributed by atoms with E-state index < -0.39 is 0 Å². The van der Waals surface area contributed by atoms with E-state index in [-0.39, 0.29) is 11.4 Å². The summed E-state index contributed by atoms with van der Waals surface area (Å²) in [6.07, 6.45) is 5.75. The summed E-state index contributed by atoms with van der Waals surface area (Å²) >= 11 is 0. The zero-order valence-corrected chi connectivity index (χ0v) is 14.4. The highest BCUT2D eigenvalue weighted by Crippen LogP contribution is 2.32. The highest BCUT2D eigenvalue weighted by atomic mass is 16.2. The molecule has 1 aromatic heterocycles. The molecule has 126 valence electrons. The van der Waals surface area contributed by atoms with Crippen molar-refractivity contribution in [3.8, 4) is 0 Å². The largest absolute Gasteiger partial charge is 0.356 e. The van der Waals surface area contributed by atoms with Crippen molar-refractivity contribution in [3.05, 3.63) is 17.6 Å². The van der Waals surface area contributed by atoms with E-state index in [1.165, 1.54) is 5.56 Å². The van der Waals surface area contributed by atoms with Gasteiger partial charge in [0, 0.05) is 37.9 Å². The Bertz CT molecular complexity index is 580. The first kappa shape index (κ1) is 16.2. The highest BCUT2D eigenvalue weighted by Gasteiger charge is 2.46. The fraction of sp³-hybridized carbons (Fsp3) is 0.706. The lowest BCUT2D eigenvalue weighted by Gasteiger charge is -2.48. The maximum atomic E-state index is 12.5. The van der Waals surface area contributed by atoms with Crippen LogP contribution in [-0.2, 0) is 11.2 Å². The van der Waals surface area contributed by atoms with Crippen molar-refractivity contribution in [2.45, 2.75) is 45.1 Å². The lowest BCUT2D eigenvalue weighted by molar-refractivity contribution is -0.137. The van der Waals surface area contributed by atoms with Crippen LogP contribution in [0.25, 0.3) is 0 Å². The fourth-order valence-electron chi connectivity index (χ4n) is 3.79. The van der Waals surface area contributed by atoms with E-state index in [0.29, 0.717) is 0 Å². The molecule has 0 atom stereocenters. The molecule has 23 heavy (non-hydrogen) atoms. The number of rotatable bonds is 3. The number of piperazine rings is 1. The monoisotopic (exact) mass is 317 g/mol. The van der Waals surface area contributed by atoms with Crippen molar-refractivity contribution in [1.29, 1.82) is 0 Å². The average molecular weight is 317 g/mol. The van der Waals surface area contributed by atoms with Crippen LogP contribution in [0.2, 0.25) is 0 Å². The van der Waals surface area contributed by atoms with Crippen LogP contribution in [0.5, 0.6) is 0 Å². The average Bonchev–Trinajstić information content (AvgIpc) is 2.55. The Hall–Kier alpha value is -1.69. The molecule has 0 unspecified atom stereocenters. The lowest BCUT2D eigenvalue weighted by atomic mass is 9.83. The molecule has 0 aromatic carbocycles. The van der Waals surface area contributed by atoms with Crippen molar-refractivity contribution < 1.29 is 4.79 Å². The predicted octanol–water partition coefficient (Wildman–Crippen LogP) is 1.14. The number of hydrogen-bond donors (Lipinski definition) is 1. The van der Waals surface area contributed by atoms with Gasteiger partial charge in [-0.25, -0.2) is 9.97 Å². The van der Waals surface area contributed by atoms with E-state index in [4.69, 9.17) is 0 Å². The Morgan fingerprint density at radius 2 is 2.04 bits per heavy atom. The molecule has 1 N–H and O–H groups in total. The second-order valence-electron chi connectivity index (χ2n) is 6.71. The fourth-order valence-corrected chi connectivity index (χ4v) is 3.79. The van der Waals surface area contributed by atoms with Gasteiger partial charge in [-0.2, -0.15) is 0 Å². The summed E-state index contributed by atoms with van der Waals surface area (Å²) in [5.74, 6) is 2.07. The Morgan fingerprint density at radius 3 is 2.70 bits per heavy atom. The number of carbonyl (C=O) groups is 1. The Labute approximate surface area is 138 Å². The third kappa shape index (κ3) is 2.92. The molecule has 1 spiro atoms. The van der Waals surface area contributed by atoms with E-state index in [1.807, 2.05) is 13.1 Å². The molecule has 0 radical (unpaired) electrons. The maximum absolute atomic E-state index is 12.5. The summed E-state index contributed by atoms with van der Waals surface area (Å²) in [4.78, 5) is 26.1. The van der Waals surface area contributed by atoms with Crippen molar-refractivity contribution in [2.24, 2.45) is 0 Å². The number of nitrogens with one attached hydrogen (secondary N) is 1. The third-order valence-corrected chi connectivity index (χ3v) is 5.26. The highest BCUT2D eigenvalue weighted by molar-refractivity contribution is 5.87. The van der Waals surface area contributed by atoms with Gasteiger partial charge in [0.25, 0.3) is 0 Å². The summed E-state index contributed by atoms with van der Waals surface area (Å²) in [6.45, 7) is 7.53. The molecule has 2 saturated heterocycles. The van der Waals surface area contributed by atoms with Gasteiger partial charge >= 0.3 is 0 Å². The molecule has 2 aliphatic heterocycles. The number of piperidine rings is 1. The summed E-state index contributed by atoms with van der Waals surface area (Å²) in [6, 6.07) is 0. The Kier molecular flexibility index (Phi) is 4.53. The van der Waals surface area contributed by atoms with Gasteiger partial charge in [0.1, 0.15) is 17.2 Å². The smallest absolute Gasteiger partial charge is 0.240 e. The minimum absolute atomic E-state index is 0.193. The number of aryl methyl sites for hydroxylation is 2. The molecular weight excluding hydrogens is 290 g/mol. The molecule has 6 nitrogen and oxygen atoms in total. The zero-order valence-electron chi connectivity index (χ0n) is 14.4. The van der Waals surface area contributed by atoms with Gasteiger partial charge in [-0.15, -0.1) is 0 Å². The molecule has 0 bridgehead atoms. The summed E-state index contributed by atoms with van der Waals surface area (Å²) < 4.78 is 0. The van der Waals surface area contributed by atoms with Crippen LogP contribution in [0.1, 0.15) is 37.6 Å². The quantitative estimate of drug-likeness (QED) is 0.906. The predicted molar refractivity (Wildman–Crippen MR) is 90.6 cm³/mol. The van der Waals surface area contributed by atoms with Crippen LogP contribution in [0.3, 0.4) is 0 Å². The molecule has 2 fully saturated rings. The van der Waals surface area contributed by atoms with Crippen molar-refractivity contribution in [1.82, 2.24) is 20.2 Å². The summed E-state index contributed by atoms with van der Waals surface area (Å²) in [7, 11) is 2.08. The van der Waals surface area contributed by atoms with Crippen LogP contribution >= 0.6 is 0 Å². The third-order valence-electron chi connectivity index (χ3n) is 5.26. The van der Waals surface area contributed by atoms with E-state index in [1.54, 1.807) is 0 Å². The molecule has 2 aliphatic rings. The van der Waals surface area contributed by atoms with Gasteiger partial charge in [0.15, 0.2) is 0 Å². The number of amides is 1. The van der Waals surface area contributed by atoms with Crippen LogP contribution in [0, 0.1) is 6.92 Å². The van der Waals surface area contributed by atoms with Gasteiger partial charge in [0.2, 0.25) is 5.91 Å². The van der Waals surface area contributed by atoms with E-state index in [2.05, 4.69) is 39.1 Å². The van der Waals surface area contributed by atoms with Crippen LogP contribution in [0.15, 0.2) is 6.20 Å². The van der Waals surface area contributed by atoms with Crippen LogP contribution in [-0.4, -0.2) is 59.5 Å². The molecule has 3 heterocycles. The van der Waals surface area contributed by atoms with Gasteiger partial charge in [-0.05, 0) is 33.2 Å². The zero-order chi connectivity index (χ0) is 16.4. The van der Waals surface area contributed by atoms with Crippen LogP contribution in [0.4, 0.5) is 5.82 Å². The van der Waals surface area contributed by atoms with Crippen LogP contribution < -0.4 is 10.2 Å². The minimum Gasteiger partial charge on any atom is -0.356 e. The first-order valence-corrected chi connectivity index (χ1v) is 8.64. The number of nitrogens with zero attached hydrogens (tertiary/aromatic N) is 4. The number of carbonyl (C=O) groups excluding carboxylic acids is 1. The van der Waals surface area contributed by atoms with E-state index >= 15 is 0 Å². The number of anilines is 1. The topological polar surface area (TPSA) is 61.4 Å². The van der Waals surface area contributed by atoms with Crippen molar-refractivity contribution in [2.75, 3.05) is 38.1 Å². The number of hydrogen-bond acceptors (Lipinski definition) is 5. The Balaban J connectivity index is 1.79. The van der Waals surface area contributed by atoms with Gasteiger partial charge in [-0.3, -0.25) is 9.69 Å². The normalized spacial score (nSPS) is 21.5. The molecular formula is C17H27N5O. The second kappa shape index (κ2) is 6.43. The number of aromatic nitrogens is 2. The lowest BCUT2D eigenvalue weighted by Crippen LogP contribution is -2.67. The standard InChI is InChI=1S/C17H27N5O/c1-4-5-14-12-19-13(2)20-15(14)22-9-6-17(7-10-22)16(23)18-8-11-21(17)3/h12H,4-11H2,1-3H3,(H,18,23). The summed E-state index contributed by atoms with van der Waals surface area (Å²) in [5, 5.41) is 3.04. The van der Waals surface area contributed by atoms with E-state index in [0.717, 1.165) is 63.5 Å². The van der Waals surface area contributed by atoms with Crippen molar-refractivity contribution in [3.63, 3.8) is 0 Å². The molecule has 0 saturated carbocycles.